The Balaban J connectivity index is 1.97. The van der Waals surface area contributed by atoms with E-state index in [1.165, 1.54) is 11.1 Å². The molecule has 0 saturated heterocycles. The molecule has 0 fully saturated rings. The fraction of sp³-hybridized carbons (Fsp3) is 0.333. The Bertz CT molecular complexity index is 576. The Morgan fingerprint density at radius 1 is 1.10 bits per heavy atom. The quantitative estimate of drug-likeness (QED) is 0.881. The Morgan fingerprint density at radius 2 is 1.81 bits per heavy atom. The first-order valence-electron chi connectivity index (χ1n) is 7.22. The van der Waals surface area contributed by atoms with Crippen molar-refractivity contribution in [2.45, 2.75) is 26.3 Å². The SMILES string of the molecule is COc1ccc(CCOc2cc(C)ccc2[C@H](C)N)cc1. The summed E-state index contributed by atoms with van der Waals surface area (Å²) in [6.45, 7) is 4.66. The van der Waals surface area contributed by atoms with Crippen molar-refractivity contribution in [2.75, 3.05) is 13.7 Å². The summed E-state index contributed by atoms with van der Waals surface area (Å²) in [7, 11) is 1.67. The summed E-state index contributed by atoms with van der Waals surface area (Å²) in [6.07, 6.45) is 0.857. The highest BCUT2D eigenvalue weighted by Crippen LogP contribution is 2.25. The van der Waals surface area contributed by atoms with E-state index in [1.54, 1.807) is 7.11 Å². The summed E-state index contributed by atoms with van der Waals surface area (Å²) in [6, 6.07) is 14.2. The van der Waals surface area contributed by atoms with Crippen LogP contribution < -0.4 is 15.2 Å². The van der Waals surface area contributed by atoms with Crippen LogP contribution in [0.2, 0.25) is 0 Å². The molecule has 2 rings (SSSR count). The van der Waals surface area contributed by atoms with Crippen molar-refractivity contribution in [3.05, 3.63) is 59.2 Å². The van der Waals surface area contributed by atoms with Gasteiger partial charge in [-0.2, -0.15) is 0 Å². The zero-order chi connectivity index (χ0) is 15.2. The van der Waals surface area contributed by atoms with Crippen molar-refractivity contribution in [3.8, 4) is 11.5 Å². The second-order valence-electron chi connectivity index (χ2n) is 5.28. The maximum absolute atomic E-state index is 5.99. The van der Waals surface area contributed by atoms with Crippen LogP contribution in [0.4, 0.5) is 0 Å². The number of hydrogen-bond donors (Lipinski definition) is 1. The molecule has 21 heavy (non-hydrogen) atoms. The first kappa shape index (κ1) is 15.4. The molecule has 0 aliphatic heterocycles. The Hall–Kier alpha value is -2.00. The van der Waals surface area contributed by atoms with E-state index in [4.69, 9.17) is 15.2 Å². The molecule has 0 radical (unpaired) electrons. The summed E-state index contributed by atoms with van der Waals surface area (Å²) in [5, 5.41) is 0. The molecule has 1 atom stereocenters. The molecular weight excluding hydrogens is 262 g/mol. The predicted molar refractivity (Wildman–Crippen MR) is 86.0 cm³/mol. The topological polar surface area (TPSA) is 44.5 Å². The fourth-order valence-electron chi connectivity index (χ4n) is 2.21. The Labute approximate surface area is 126 Å². The average molecular weight is 285 g/mol. The lowest BCUT2D eigenvalue weighted by Crippen LogP contribution is -2.09. The van der Waals surface area contributed by atoms with Crippen molar-refractivity contribution >= 4 is 0 Å². The van der Waals surface area contributed by atoms with Crippen molar-refractivity contribution in [1.29, 1.82) is 0 Å². The normalized spacial score (nSPS) is 12.0. The summed E-state index contributed by atoms with van der Waals surface area (Å²) in [5.41, 5.74) is 9.44. The van der Waals surface area contributed by atoms with E-state index in [9.17, 15) is 0 Å². The summed E-state index contributed by atoms with van der Waals surface area (Å²) in [5.74, 6) is 1.76. The van der Waals surface area contributed by atoms with Crippen molar-refractivity contribution < 1.29 is 9.47 Å². The molecular formula is C18H23NO2. The van der Waals surface area contributed by atoms with Gasteiger partial charge in [-0.25, -0.2) is 0 Å². The van der Waals surface area contributed by atoms with Crippen LogP contribution >= 0.6 is 0 Å². The van der Waals surface area contributed by atoms with E-state index >= 15 is 0 Å². The van der Waals surface area contributed by atoms with Crippen molar-refractivity contribution in [3.63, 3.8) is 0 Å². The van der Waals surface area contributed by atoms with Gasteiger partial charge in [0.25, 0.3) is 0 Å². The highest BCUT2D eigenvalue weighted by molar-refractivity contribution is 5.39. The molecule has 0 spiro atoms. The highest BCUT2D eigenvalue weighted by Gasteiger charge is 2.08. The van der Waals surface area contributed by atoms with E-state index in [0.717, 1.165) is 23.5 Å². The molecule has 112 valence electrons. The first-order valence-corrected chi connectivity index (χ1v) is 7.22. The highest BCUT2D eigenvalue weighted by atomic mass is 16.5. The Kier molecular flexibility index (Phi) is 5.23. The van der Waals surface area contributed by atoms with E-state index < -0.39 is 0 Å². The molecule has 0 bridgehead atoms. The van der Waals surface area contributed by atoms with Gasteiger partial charge in [-0.1, -0.05) is 24.3 Å². The van der Waals surface area contributed by atoms with Gasteiger partial charge in [0, 0.05) is 18.0 Å². The van der Waals surface area contributed by atoms with Crippen LogP contribution in [0.5, 0.6) is 11.5 Å². The monoisotopic (exact) mass is 285 g/mol. The Morgan fingerprint density at radius 3 is 2.43 bits per heavy atom. The molecule has 3 heteroatoms. The summed E-state index contributed by atoms with van der Waals surface area (Å²) >= 11 is 0. The van der Waals surface area contributed by atoms with Gasteiger partial charge in [0.05, 0.1) is 13.7 Å². The van der Waals surface area contributed by atoms with Crippen molar-refractivity contribution in [2.24, 2.45) is 5.73 Å². The number of rotatable bonds is 6. The lowest BCUT2D eigenvalue weighted by Gasteiger charge is -2.15. The zero-order valence-corrected chi connectivity index (χ0v) is 12.9. The minimum Gasteiger partial charge on any atom is -0.497 e. The molecule has 2 aromatic carbocycles. The summed E-state index contributed by atoms with van der Waals surface area (Å²) < 4.78 is 11.1. The number of nitrogens with two attached hydrogens (primary N) is 1. The van der Waals surface area contributed by atoms with Gasteiger partial charge >= 0.3 is 0 Å². The fourth-order valence-corrected chi connectivity index (χ4v) is 2.21. The number of methoxy groups -OCH3 is 1. The molecule has 0 aliphatic carbocycles. The molecule has 2 N–H and O–H groups in total. The minimum absolute atomic E-state index is 0.0263. The molecule has 0 heterocycles. The number of ether oxygens (including phenoxy) is 2. The van der Waals surface area contributed by atoms with Gasteiger partial charge in [-0.3, -0.25) is 0 Å². The molecule has 0 amide bonds. The maximum Gasteiger partial charge on any atom is 0.124 e. The van der Waals surface area contributed by atoms with Gasteiger partial charge in [0.2, 0.25) is 0 Å². The smallest absolute Gasteiger partial charge is 0.124 e. The number of hydrogen-bond acceptors (Lipinski definition) is 3. The van der Waals surface area contributed by atoms with Gasteiger partial charge in [0.15, 0.2) is 0 Å². The van der Waals surface area contributed by atoms with Gasteiger partial charge < -0.3 is 15.2 Å². The third kappa shape index (κ3) is 4.23. The van der Waals surface area contributed by atoms with Crippen LogP contribution in [0.3, 0.4) is 0 Å². The molecule has 0 aromatic heterocycles. The van der Waals surface area contributed by atoms with Gasteiger partial charge in [-0.15, -0.1) is 0 Å². The zero-order valence-electron chi connectivity index (χ0n) is 12.9. The first-order chi connectivity index (χ1) is 10.1. The van der Waals surface area contributed by atoms with Crippen LogP contribution in [-0.4, -0.2) is 13.7 Å². The second kappa shape index (κ2) is 7.14. The molecule has 3 nitrogen and oxygen atoms in total. The van der Waals surface area contributed by atoms with E-state index in [2.05, 4.69) is 25.1 Å². The third-order valence-electron chi connectivity index (χ3n) is 3.47. The lowest BCUT2D eigenvalue weighted by atomic mass is 10.1. The maximum atomic E-state index is 5.99. The van der Waals surface area contributed by atoms with E-state index in [0.29, 0.717) is 6.61 Å². The van der Waals surface area contributed by atoms with E-state index in [-0.39, 0.29) is 6.04 Å². The van der Waals surface area contributed by atoms with E-state index in [1.807, 2.05) is 31.2 Å². The van der Waals surface area contributed by atoms with Crippen LogP contribution in [0.25, 0.3) is 0 Å². The average Bonchev–Trinajstić information content (AvgIpc) is 2.48. The minimum atomic E-state index is -0.0263. The van der Waals surface area contributed by atoms with Crippen LogP contribution in [0, 0.1) is 6.92 Å². The number of aryl methyl sites for hydroxylation is 1. The molecule has 0 unspecified atom stereocenters. The second-order valence-corrected chi connectivity index (χ2v) is 5.28. The third-order valence-corrected chi connectivity index (χ3v) is 3.47. The van der Waals surface area contributed by atoms with Crippen LogP contribution in [0.15, 0.2) is 42.5 Å². The molecule has 2 aromatic rings. The summed E-state index contributed by atoms with van der Waals surface area (Å²) in [4.78, 5) is 0. The van der Waals surface area contributed by atoms with Crippen LogP contribution in [-0.2, 0) is 6.42 Å². The van der Waals surface area contributed by atoms with Gasteiger partial charge in [0.1, 0.15) is 11.5 Å². The number of benzene rings is 2. The van der Waals surface area contributed by atoms with Crippen LogP contribution in [0.1, 0.15) is 29.7 Å². The van der Waals surface area contributed by atoms with Gasteiger partial charge in [-0.05, 0) is 43.2 Å². The predicted octanol–water partition coefficient (Wildman–Crippen LogP) is 3.64. The molecule has 0 saturated carbocycles. The standard InChI is InChI=1S/C18H23NO2/c1-13-4-9-17(14(2)19)18(12-13)21-11-10-15-5-7-16(20-3)8-6-15/h4-9,12,14H,10-11,19H2,1-3H3/t14-/m0/s1. The lowest BCUT2D eigenvalue weighted by molar-refractivity contribution is 0.317. The van der Waals surface area contributed by atoms with Crippen molar-refractivity contribution in [1.82, 2.24) is 0 Å². The molecule has 0 aliphatic rings. The largest absolute Gasteiger partial charge is 0.497 e.